The molecule has 1 amide bonds. The van der Waals surface area contributed by atoms with E-state index in [0.717, 1.165) is 42.0 Å². The van der Waals surface area contributed by atoms with Crippen LogP contribution in [-0.4, -0.2) is 23.0 Å². The van der Waals surface area contributed by atoms with Crippen LogP contribution in [0.2, 0.25) is 5.15 Å². The highest BCUT2D eigenvalue weighted by Crippen LogP contribution is 2.40. The summed E-state index contributed by atoms with van der Waals surface area (Å²) in [4.78, 5) is 21.3. The van der Waals surface area contributed by atoms with Crippen molar-refractivity contribution < 1.29 is 9.53 Å². The third-order valence-corrected chi connectivity index (χ3v) is 5.68. The summed E-state index contributed by atoms with van der Waals surface area (Å²) in [5, 5.41) is 6.89. The Labute approximate surface area is 180 Å². The Morgan fingerprint density at radius 1 is 1.07 bits per heavy atom. The Balaban J connectivity index is 1.41. The lowest BCUT2D eigenvalue weighted by atomic mass is 9.74. The fourth-order valence-corrected chi connectivity index (χ4v) is 3.62. The molecule has 0 unspecified atom stereocenters. The number of nitrogens with one attached hydrogen (secondary N) is 2. The SMILES string of the molecule is COc1ccc(CNc2ccc(C3(NC(=O)c4ccc(Cl)nc4)CCC3)nc2)cc1. The van der Waals surface area contributed by atoms with Crippen LogP contribution in [0, 0.1) is 0 Å². The van der Waals surface area contributed by atoms with E-state index in [1.54, 1.807) is 19.2 Å². The molecule has 0 radical (unpaired) electrons. The zero-order valence-corrected chi connectivity index (χ0v) is 17.4. The van der Waals surface area contributed by atoms with Gasteiger partial charge in [0.15, 0.2) is 0 Å². The molecule has 30 heavy (non-hydrogen) atoms. The van der Waals surface area contributed by atoms with Gasteiger partial charge in [-0.25, -0.2) is 4.98 Å². The number of carbonyl (C=O) groups excluding carboxylic acids is 1. The van der Waals surface area contributed by atoms with E-state index in [1.165, 1.54) is 6.20 Å². The van der Waals surface area contributed by atoms with Crippen molar-refractivity contribution >= 4 is 23.2 Å². The highest BCUT2D eigenvalue weighted by Gasteiger charge is 2.41. The van der Waals surface area contributed by atoms with Gasteiger partial charge in [-0.05, 0) is 61.2 Å². The second-order valence-corrected chi connectivity index (χ2v) is 7.78. The first kappa shape index (κ1) is 20.2. The van der Waals surface area contributed by atoms with Crippen LogP contribution in [-0.2, 0) is 12.1 Å². The molecule has 0 atom stereocenters. The molecule has 2 aromatic heterocycles. The Morgan fingerprint density at radius 3 is 2.43 bits per heavy atom. The van der Waals surface area contributed by atoms with Crippen LogP contribution in [0.5, 0.6) is 5.75 Å². The summed E-state index contributed by atoms with van der Waals surface area (Å²) in [6.45, 7) is 0.691. The van der Waals surface area contributed by atoms with Crippen LogP contribution in [0.25, 0.3) is 0 Å². The number of amides is 1. The van der Waals surface area contributed by atoms with Crippen molar-refractivity contribution in [3.8, 4) is 5.75 Å². The lowest BCUT2D eigenvalue weighted by Gasteiger charge is -2.42. The molecule has 1 aliphatic carbocycles. The summed E-state index contributed by atoms with van der Waals surface area (Å²) in [6, 6.07) is 15.2. The normalized spacial score (nSPS) is 14.5. The molecule has 0 aliphatic heterocycles. The number of ether oxygens (including phenoxy) is 1. The smallest absolute Gasteiger partial charge is 0.253 e. The number of hydrogen-bond acceptors (Lipinski definition) is 5. The van der Waals surface area contributed by atoms with Gasteiger partial charge in [0.2, 0.25) is 0 Å². The molecule has 4 rings (SSSR count). The van der Waals surface area contributed by atoms with E-state index >= 15 is 0 Å². The van der Waals surface area contributed by atoms with Crippen molar-refractivity contribution in [3.63, 3.8) is 0 Å². The first-order valence-corrected chi connectivity index (χ1v) is 10.2. The minimum Gasteiger partial charge on any atom is -0.497 e. The number of halogens is 1. The topological polar surface area (TPSA) is 76.1 Å². The Bertz CT molecular complexity index is 1000. The number of anilines is 1. The van der Waals surface area contributed by atoms with Crippen LogP contribution >= 0.6 is 11.6 Å². The predicted octanol–water partition coefficient (Wildman–Crippen LogP) is 4.56. The van der Waals surface area contributed by atoms with Gasteiger partial charge in [0, 0.05) is 12.7 Å². The summed E-state index contributed by atoms with van der Waals surface area (Å²) in [5.74, 6) is 0.675. The molecule has 7 heteroatoms. The van der Waals surface area contributed by atoms with Gasteiger partial charge in [0.25, 0.3) is 5.91 Å². The lowest BCUT2D eigenvalue weighted by molar-refractivity contribution is 0.0816. The van der Waals surface area contributed by atoms with Crippen molar-refractivity contribution in [3.05, 3.63) is 82.9 Å². The van der Waals surface area contributed by atoms with Gasteiger partial charge < -0.3 is 15.4 Å². The standard InChI is InChI=1S/C23H23ClN4O2/c1-30-19-7-3-16(4-8-19)13-25-18-6-9-20(26-15-18)23(11-2-12-23)28-22(29)17-5-10-21(24)27-14-17/h3-10,14-15,25H,2,11-13H2,1H3,(H,28,29). The molecule has 0 saturated heterocycles. The van der Waals surface area contributed by atoms with Gasteiger partial charge >= 0.3 is 0 Å². The summed E-state index contributed by atoms with van der Waals surface area (Å²) in [5.41, 5.74) is 3.02. The van der Waals surface area contributed by atoms with Crippen molar-refractivity contribution in [1.29, 1.82) is 0 Å². The molecule has 3 aromatic rings. The number of pyridine rings is 2. The van der Waals surface area contributed by atoms with E-state index in [9.17, 15) is 4.79 Å². The van der Waals surface area contributed by atoms with E-state index in [4.69, 9.17) is 16.3 Å². The number of hydrogen-bond donors (Lipinski definition) is 2. The first-order chi connectivity index (χ1) is 14.6. The average molecular weight is 423 g/mol. The largest absolute Gasteiger partial charge is 0.497 e. The van der Waals surface area contributed by atoms with E-state index in [0.29, 0.717) is 17.3 Å². The van der Waals surface area contributed by atoms with Gasteiger partial charge in [-0.3, -0.25) is 9.78 Å². The molecule has 2 heterocycles. The van der Waals surface area contributed by atoms with E-state index in [-0.39, 0.29) is 5.91 Å². The second kappa shape index (κ2) is 8.71. The molecule has 2 N–H and O–H groups in total. The highest BCUT2D eigenvalue weighted by atomic mass is 35.5. The molecule has 1 aliphatic rings. The fourth-order valence-electron chi connectivity index (χ4n) is 3.50. The number of rotatable bonds is 7. The van der Waals surface area contributed by atoms with Crippen LogP contribution in [0.4, 0.5) is 5.69 Å². The monoisotopic (exact) mass is 422 g/mol. The fraction of sp³-hybridized carbons (Fsp3) is 0.261. The van der Waals surface area contributed by atoms with Crippen molar-refractivity contribution in [2.45, 2.75) is 31.3 Å². The molecule has 6 nitrogen and oxygen atoms in total. The van der Waals surface area contributed by atoms with E-state index in [2.05, 4.69) is 20.6 Å². The van der Waals surface area contributed by atoms with Crippen LogP contribution in [0.1, 0.15) is 40.9 Å². The van der Waals surface area contributed by atoms with Gasteiger partial charge in [0.05, 0.1) is 35.8 Å². The minimum atomic E-state index is -0.425. The Kier molecular flexibility index (Phi) is 5.86. The van der Waals surface area contributed by atoms with E-state index < -0.39 is 5.54 Å². The van der Waals surface area contributed by atoms with Crippen LogP contribution < -0.4 is 15.4 Å². The number of benzene rings is 1. The summed E-state index contributed by atoms with van der Waals surface area (Å²) < 4.78 is 5.18. The number of aromatic nitrogens is 2. The minimum absolute atomic E-state index is 0.164. The molecule has 154 valence electrons. The summed E-state index contributed by atoms with van der Waals surface area (Å²) in [7, 11) is 1.66. The van der Waals surface area contributed by atoms with Gasteiger partial charge in [0.1, 0.15) is 10.9 Å². The van der Waals surface area contributed by atoms with Crippen molar-refractivity contribution in [2.75, 3.05) is 12.4 Å². The summed E-state index contributed by atoms with van der Waals surface area (Å²) in [6.07, 6.45) is 6.09. The molecule has 0 spiro atoms. The van der Waals surface area contributed by atoms with Gasteiger partial charge in [-0.1, -0.05) is 23.7 Å². The quantitative estimate of drug-likeness (QED) is 0.546. The molecule has 0 bridgehead atoms. The zero-order valence-electron chi connectivity index (χ0n) is 16.7. The highest BCUT2D eigenvalue weighted by molar-refractivity contribution is 6.29. The molecular weight excluding hydrogens is 400 g/mol. The zero-order chi connectivity index (χ0) is 21.0. The maximum atomic E-state index is 12.7. The Morgan fingerprint density at radius 2 is 1.87 bits per heavy atom. The average Bonchev–Trinajstić information content (AvgIpc) is 2.76. The molecular formula is C23H23ClN4O2. The Hall–Kier alpha value is -3.12. The van der Waals surface area contributed by atoms with E-state index in [1.807, 2.05) is 42.6 Å². The maximum absolute atomic E-state index is 12.7. The van der Waals surface area contributed by atoms with Gasteiger partial charge in [-0.15, -0.1) is 0 Å². The second-order valence-electron chi connectivity index (χ2n) is 7.39. The predicted molar refractivity (Wildman–Crippen MR) is 117 cm³/mol. The van der Waals surface area contributed by atoms with Crippen LogP contribution in [0.3, 0.4) is 0 Å². The van der Waals surface area contributed by atoms with Gasteiger partial charge in [-0.2, -0.15) is 0 Å². The van der Waals surface area contributed by atoms with Crippen molar-refractivity contribution in [1.82, 2.24) is 15.3 Å². The summed E-state index contributed by atoms with van der Waals surface area (Å²) >= 11 is 5.81. The number of methoxy groups -OCH3 is 1. The maximum Gasteiger partial charge on any atom is 0.253 e. The van der Waals surface area contributed by atoms with Crippen molar-refractivity contribution in [2.24, 2.45) is 0 Å². The lowest BCUT2D eigenvalue weighted by Crippen LogP contribution is -2.51. The third-order valence-electron chi connectivity index (χ3n) is 5.46. The third kappa shape index (κ3) is 4.39. The number of carbonyl (C=O) groups is 1. The molecule has 1 saturated carbocycles. The molecule has 1 fully saturated rings. The number of nitrogens with zero attached hydrogens (tertiary/aromatic N) is 2. The first-order valence-electron chi connectivity index (χ1n) is 9.85. The van der Waals surface area contributed by atoms with Crippen LogP contribution in [0.15, 0.2) is 60.9 Å². The molecule has 1 aromatic carbocycles.